The van der Waals surface area contributed by atoms with Gasteiger partial charge in [0.25, 0.3) is 0 Å². The Morgan fingerprint density at radius 3 is 2.33 bits per heavy atom. The van der Waals surface area contributed by atoms with E-state index < -0.39 is 48.9 Å². The van der Waals surface area contributed by atoms with Gasteiger partial charge in [0.1, 0.15) is 42.3 Å². The summed E-state index contributed by atoms with van der Waals surface area (Å²) in [6.07, 6.45) is -14.2. The second-order valence-corrected chi connectivity index (χ2v) is 8.72. The molecule has 9 nitrogen and oxygen atoms in total. The highest BCUT2D eigenvalue weighted by Gasteiger charge is 2.37. The SMILES string of the molecule is COc1cc2c(Nc3cc(Br)cc(C(F)(F)F)c3)ncnc2cc1C(O)[C@@H](F)[C@H](O)[C@@H](O)[C@H](O)CO. The summed E-state index contributed by atoms with van der Waals surface area (Å²) < 4.78 is 59.8. The number of nitrogens with one attached hydrogen (secondary N) is 1. The molecule has 0 aliphatic carbocycles. The third kappa shape index (κ3) is 6.02. The molecular weight excluding hydrogens is 558 g/mol. The van der Waals surface area contributed by atoms with Gasteiger partial charge in [0, 0.05) is 21.1 Å². The first-order valence-corrected chi connectivity index (χ1v) is 11.1. The average Bonchev–Trinajstić information content (AvgIpc) is 2.84. The number of halogens is 5. The van der Waals surface area contributed by atoms with Crippen molar-refractivity contribution in [2.24, 2.45) is 0 Å². The second kappa shape index (κ2) is 11.2. The van der Waals surface area contributed by atoms with E-state index in [1.54, 1.807) is 0 Å². The van der Waals surface area contributed by atoms with Crippen molar-refractivity contribution in [2.75, 3.05) is 19.0 Å². The summed E-state index contributed by atoms with van der Waals surface area (Å²) in [6, 6.07) is 5.74. The van der Waals surface area contributed by atoms with Crippen LogP contribution < -0.4 is 10.1 Å². The highest BCUT2D eigenvalue weighted by Crippen LogP contribution is 2.37. The third-order valence-electron chi connectivity index (χ3n) is 5.35. The van der Waals surface area contributed by atoms with Gasteiger partial charge in [-0.2, -0.15) is 13.2 Å². The van der Waals surface area contributed by atoms with Gasteiger partial charge in [-0.25, -0.2) is 14.4 Å². The number of aliphatic hydroxyl groups excluding tert-OH is 5. The largest absolute Gasteiger partial charge is 0.496 e. The molecule has 3 aromatic rings. The van der Waals surface area contributed by atoms with Crippen LogP contribution >= 0.6 is 15.9 Å². The fourth-order valence-electron chi connectivity index (χ4n) is 3.45. The maximum absolute atomic E-state index is 14.8. The van der Waals surface area contributed by atoms with Crippen LogP contribution in [0.2, 0.25) is 0 Å². The molecule has 36 heavy (non-hydrogen) atoms. The summed E-state index contributed by atoms with van der Waals surface area (Å²) in [5.41, 5.74) is -0.871. The van der Waals surface area contributed by atoms with Crippen molar-refractivity contribution >= 4 is 38.3 Å². The van der Waals surface area contributed by atoms with E-state index in [9.17, 15) is 38.0 Å². The Labute approximate surface area is 210 Å². The molecule has 5 atom stereocenters. The first kappa shape index (κ1) is 28.0. The number of alkyl halides is 4. The van der Waals surface area contributed by atoms with Gasteiger partial charge in [-0.15, -0.1) is 0 Å². The molecule has 2 aromatic carbocycles. The van der Waals surface area contributed by atoms with Crippen molar-refractivity contribution in [1.82, 2.24) is 9.97 Å². The molecule has 0 radical (unpaired) electrons. The van der Waals surface area contributed by atoms with Crippen LogP contribution in [-0.4, -0.2) is 73.7 Å². The molecule has 0 spiro atoms. The maximum Gasteiger partial charge on any atom is 0.416 e. The fourth-order valence-corrected chi connectivity index (χ4v) is 3.94. The van der Waals surface area contributed by atoms with Crippen LogP contribution in [0.25, 0.3) is 10.9 Å². The van der Waals surface area contributed by atoms with E-state index in [0.29, 0.717) is 0 Å². The number of benzene rings is 2. The topological polar surface area (TPSA) is 148 Å². The highest BCUT2D eigenvalue weighted by molar-refractivity contribution is 9.10. The van der Waals surface area contributed by atoms with E-state index in [1.165, 1.54) is 25.3 Å². The number of ether oxygens (including phenoxy) is 1. The Balaban J connectivity index is 1.99. The van der Waals surface area contributed by atoms with Gasteiger partial charge in [-0.05, 0) is 30.3 Å². The fraction of sp³-hybridized carbons (Fsp3) is 0.364. The number of aromatic nitrogens is 2. The summed E-state index contributed by atoms with van der Waals surface area (Å²) in [4.78, 5) is 8.10. The van der Waals surface area contributed by atoms with Crippen molar-refractivity contribution in [3.8, 4) is 5.75 Å². The van der Waals surface area contributed by atoms with Crippen LogP contribution in [0.15, 0.2) is 41.1 Å². The van der Waals surface area contributed by atoms with Gasteiger partial charge in [-0.3, -0.25) is 0 Å². The lowest BCUT2D eigenvalue weighted by molar-refractivity contribution is -0.137. The third-order valence-corrected chi connectivity index (χ3v) is 5.81. The molecule has 1 unspecified atom stereocenters. The van der Waals surface area contributed by atoms with E-state index in [1.807, 2.05) is 0 Å². The summed E-state index contributed by atoms with van der Waals surface area (Å²) >= 11 is 3.04. The van der Waals surface area contributed by atoms with Gasteiger partial charge in [0.2, 0.25) is 0 Å². The van der Waals surface area contributed by atoms with Gasteiger partial charge in [0.15, 0.2) is 6.17 Å². The minimum absolute atomic E-state index is 0.0585. The molecule has 0 aliphatic rings. The maximum atomic E-state index is 14.8. The van der Waals surface area contributed by atoms with Gasteiger partial charge >= 0.3 is 6.18 Å². The smallest absolute Gasteiger partial charge is 0.416 e. The molecule has 0 bridgehead atoms. The average molecular weight is 580 g/mol. The lowest BCUT2D eigenvalue weighted by Crippen LogP contribution is -2.46. The van der Waals surface area contributed by atoms with E-state index in [2.05, 4.69) is 31.2 Å². The molecule has 0 saturated carbocycles. The van der Waals surface area contributed by atoms with Crippen molar-refractivity contribution in [2.45, 2.75) is 36.8 Å². The van der Waals surface area contributed by atoms with Crippen LogP contribution in [0.3, 0.4) is 0 Å². The number of aliphatic hydroxyl groups is 5. The predicted molar refractivity (Wildman–Crippen MR) is 123 cm³/mol. The van der Waals surface area contributed by atoms with Crippen molar-refractivity contribution in [1.29, 1.82) is 0 Å². The lowest BCUT2D eigenvalue weighted by Gasteiger charge is -2.27. The van der Waals surface area contributed by atoms with Gasteiger partial charge in [0.05, 0.1) is 24.8 Å². The molecule has 0 aliphatic heterocycles. The molecule has 196 valence electrons. The number of hydrogen-bond donors (Lipinski definition) is 6. The molecular formula is C22H22BrF4N3O6. The summed E-state index contributed by atoms with van der Waals surface area (Å²) in [5, 5.41) is 51.7. The summed E-state index contributed by atoms with van der Waals surface area (Å²) in [7, 11) is 1.21. The normalized spacial score (nSPS) is 16.3. The van der Waals surface area contributed by atoms with Crippen molar-refractivity contribution < 1.29 is 47.8 Å². The van der Waals surface area contributed by atoms with E-state index in [-0.39, 0.29) is 38.2 Å². The minimum atomic E-state index is -4.59. The first-order chi connectivity index (χ1) is 16.9. The number of nitrogens with zero attached hydrogens (tertiary/aromatic N) is 2. The summed E-state index contributed by atoms with van der Waals surface area (Å²) in [6.45, 7) is -0.949. The van der Waals surface area contributed by atoms with Gasteiger partial charge in [-0.1, -0.05) is 15.9 Å². The van der Waals surface area contributed by atoms with Crippen molar-refractivity contribution in [3.63, 3.8) is 0 Å². The zero-order valence-electron chi connectivity index (χ0n) is 18.5. The summed E-state index contributed by atoms with van der Waals surface area (Å²) in [5.74, 6) is 0.00834. The monoisotopic (exact) mass is 579 g/mol. The van der Waals surface area contributed by atoms with Crippen LogP contribution in [-0.2, 0) is 6.18 Å². The van der Waals surface area contributed by atoms with Crippen LogP contribution in [0.4, 0.5) is 29.1 Å². The zero-order chi connectivity index (χ0) is 26.8. The van der Waals surface area contributed by atoms with Crippen LogP contribution in [0.5, 0.6) is 5.75 Å². The molecule has 14 heteroatoms. The predicted octanol–water partition coefficient (Wildman–Crippen LogP) is 2.61. The Morgan fingerprint density at radius 1 is 1.03 bits per heavy atom. The van der Waals surface area contributed by atoms with E-state index in [4.69, 9.17) is 9.84 Å². The molecule has 0 fully saturated rings. The van der Waals surface area contributed by atoms with Crippen LogP contribution in [0, 0.1) is 0 Å². The van der Waals surface area contributed by atoms with Gasteiger partial charge < -0.3 is 35.6 Å². The number of fused-ring (bicyclic) bond motifs is 1. The first-order valence-electron chi connectivity index (χ1n) is 10.3. The number of anilines is 2. The molecule has 6 N–H and O–H groups in total. The Morgan fingerprint density at radius 2 is 1.72 bits per heavy atom. The quantitative estimate of drug-likeness (QED) is 0.210. The standard InChI is InChI=1S/C22H22BrF4N3O6/c1-36-16-6-12-14(5-13(16)18(33)17(24)20(35)19(34)15(32)7-31)28-8-29-21(12)30-11-3-9(22(25,26)27)2-10(23)4-11/h2-6,8,15,17-20,31-35H,7H2,1H3,(H,28,29,30)/t15-,17-,18?,19+,20+/m1/s1. The molecule has 1 heterocycles. The van der Waals surface area contributed by atoms with Crippen molar-refractivity contribution in [3.05, 3.63) is 52.3 Å². The minimum Gasteiger partial charge on any atom is -0.496 e. The Hall–Kier alpha value is -2.62. The molecule has 0 saturated heterocycles. The number of hydrogen-bond acceptors (Lipinski definition) is 9. The lowest BCUT2D eigenvalue weighted by atomic mass is 9.95. The Bertz CT molecular complexity index is 1220. The Kier molecular flexibility index (Phi) is 8.69. The second-order valence-electron chi connectivity index (χ2n) is 7.81. The zero-order valence-corrected chi connectivity index (χ0v) is 20.1. The van der Waals surface area contributed by atoms with E-state index >= 15 is 0 Å². The molecule has 1 aromatic heterocycles. The highest BCUT2D eigenvalue weighted by atomic mass is 79.9. The number of methoxy groups -OCH3 is 1. The number of rotatable bonds is 9. The molecule has 0 amide bonds. The molecule has 3 rings (SSSR count). The van der Waals surface area contributed by atoms with E-state index in [0.717, 1.165) is 18.5 Å². The van der Waals surface area contributed by atoms with Crippen LogP contribution in [0.1, 0.15) is 17.2 Å².